The molecule has 0 aromatic rings. The van der Waals surface area contributed by atoms with Gasteiger partial charge in [0.1, 0.15) is 0 Å². The van der Waals surface area contributed by atoms with Crippen LogP contribution in [-0.2, 0) is 0 Å². The summed E-state index contributed by atoms with van der Waals surface area (Å²) in [5, 5.41) is 12.6. The molecular formula is C16H34N2O. The van der Waals surface area contributed by atoms with Gasteiger partial charge >= 0.3 is 0 Å². The van der Waals surface area contributed by atoms with Crippen molar-refractivity contribution in [2.24, 2.45) is 5.92 Å². The van der Waals surface area contributed by atoms with Gasteiger partial charge in [-0.25, -0.2) is 0 Å². The zero-order valence-corrected chi connectivity index (χ0v) is 13.4. The SMILES string of the molecule is CNC(C)(CO)CCCCN(CCC(C)C)C1CC1. The van der Waals surface area contributed by atoms with Gasteiger partial charge in [0.2, 0.25) is 0 Å². The fourth-order valence-electron chi connectivity index (χ4n) is 2.45. The second-order valence-corrected chi connectivity index (χ2v) is 6.88. The van der Waals surface area contributed by atoms with E-state index in [0.29, 0.717) is 0 Å². The Balaban J connectivity index is 2.18. The van der Waals surface area contributed by atoms with Crippen LogP contribution < -0.4 is 5.32 Å². The predicted molar refractivity (Wildman–Crippen MR) is 82.5 cm³/mol. The Morgan fingerprint density at radius 1 is 1.26 bits per heavy atom. The van der Waals surface area contributed by atoms with E-state index >= 15 is 0 Å². The first-order chi connectivity index (χ1) is 9.00. The van der Waals surface area contributed by atoms with E-state index in [2.05, 4.69) is 31.0 Å². The van der Waals surface area contributed by atoms with Gasteiger partial charge in [0, 0.05) is 11.6 Å². The number of rotatable bonds is 11. The van der Waals surface area contributed by atoms with E-state index in [9.17, 15) is 5.11 Å². The van der Waals surface area contributed by atoms with Crippen LogP contribution in [0.4, 0.5) is 0 Å². The number of hydrogen-bond donors (Lipinski definition) is 2. The number of nitrogens with one attached hydrogen (secondary N) is 1. The van der Waals surface area contributed by atoms with E-state index in [0.717, 1.165) is 18.4 Å². The summed E-state index contributed by atoms with van der Waals surface area (Å²) in [6.07, 6.45) is 7.64. The lowest BCUT2D eigenvalue weighted by Crippen LogP contribution is -2.43. The number of nitrogens with zero attached hydrogens (tertiary/aromatic N) is 1. The summed E-state index contributed by atoms with van der Waals surface area (Å²) >= 11 is 0. The van der Waals surface area contributed by atoms with Gasteiger partial charge in [-0.2, -0.15) is 0 Å². The van der Waals surface area contributed by atoms with Gasteiger partial charge in [-0.05, 0) is 65.1 Å². The molecular weight excluding hydrogens is 236 g/mol. The average Bonchev–Trinajstić information content (AvgIpc) is 3.21. The summed E-state index contributed by atoms with van der Waals surface area (Å²) in [5.74, 6) is 0.809. The van der Waals surface area contributed by atoms with E-state index in [1.54, 1.807) is 0 Å². The van der Waals surface area contributed by atoms with Crippen molar-refractivity contribution in [3.05, 3.63) is 0 Å². The molecule has 1 aliphatic carbocycles. The van der Waals surface area contributed by atoms with Crippen molar-refractivity contribution in [3.8, 4) is 0 Å². The van der Waals surface area contributed by atoms with Crippen LogP contribution in [0.3, 0.4) is 0 Å². The lowest BCUT2D eigenvalue weighted by molar-refractivity contribution is 0.167. The van der Waals surface area contributed by atoms with Gasteiger partial charge < -0.3 is 15.3 Å². The zero-order valence-electron chi connectivity index (χ0n) is 13.4. The van der Waals surface area contributed by atoms with E-state index in [1.807, 2.05) is 7.05 Å². The highest BCUT2D eigenvalue weighted by Crippen LogP contribution is 2.28. The summed E-state index contributed by atoms with van der Waals surface area (Å²) in [7, 11) is 1.94. The number of unbranched alkanes of at least 4 members (excludes halogenated alkanes) is 1. The fourth-order valence-corrected chi connectivity index (χ4v) is 2.45. The molecule has 1 fully saturated rings. The second kappa shape index (κ2) is 8.23. The van der Waals surface area contributed by atoms with Crippen LogP contribution in [0.2, 0.25) is 0 Å². The molecule has 0 aromatic carbocycles. The van der Waals surface area contributed by atoms with Crippen LogP contribution in [-0.4, -0.2) is 48.3 Å². The van der Waals surface area contributed by atoms with Gasteiger partial charge in [0.15, 0.2) is 0 Å². The molecule has 0 aliphatic heterocycles. The molecule has 1 aliphatic rings. The number of aliphatic hydroxyl groups excluding tert-OH is 1. The minimum absolute atomic E-state index is 0.0949. The van der Waals surface area contributed by atoms with Crippen molar-refractivity contribution < 1.29 is 5.11 Å². The Bertz CT molecular complexity index is 235. The molecule has 0 radical (unpaired) electrons. The topological polar surface area (TPSA) is 35.5 Å². The minimum atomic E-state index is -0.0949. The van der Waals surface area contributed by atoms with Gasteiger partial charge in [-0.1, -0.05) is 20.3 Å². The zero-order chi connectivity index (χ0) is 14.3. The first-order valence-electron chi connectivity index (χ1n) is 8.04. The first kappa shape index (κ1) is 16.9. The highest BCUT2D eigenvalue weighted by molar-refractivity contribution is 4.85. The maximum atomic E-state index is 9.36. The molecule has 1 saturated carbocycles. The van der Waals surface area contributed by atoms with Crippen LogP contribution in [0.15, 0.2) is 0 Å². The van der Waals surface area contributed by atoms with E-state index in [4.69, 9.17) is 0 Å². The standard InChI is InChI=1S/C16H34N2O/c1-14(2)9-12-18(15-7-8-15)11-6-5-10-16(3,13-19)17-4/h14-15,17,19H,5-13H2,1-4H3. The van der Waals surface area contributed by atoms with Crippen LogP contribution in [0.5, 0.6) is 0 Å². The molecule has 2 N–H and O–H groups in total. The van der Waals surface area contributed by atoms with E-state index < -0.39 is 0 Å². The molecule has 1 unspecified atom stereocenters. The lowest BCUT2D eigenvalue weighted by atomic mass is 9.96. The third-order valence-corrected chi connectivity index (χ3v) is 4.43. The molecule has 0 aromatic heterocycles. The van der Waals surface area contributed by atoms with Crippen LogP contribution in [0.25, 0.3) is 0 Å². The molecule has 1 atom stereocenters. The Kier molecular flexibility index (Phi) is 7.33. The Labute approximate surface area is 119 Å². The first-order valence-corrected chi connectivity index (χ1v) is 8.04. The maximum Gasteiger partial charge on any atom is 0.0610 e. The number of likely N-dealkylation sites (N-methyl/N-ethyl adjacent to an activating group) is 1. The summed E-state index contributed by atoms with van der Waals surface area (Å²) in [4.78, 5) is 2.69. The van der Waals surface area contributed by atoms with Crippen LogP contribution in [0, 0.1) is 5.92 Å². The molecule has 0 spiro atoms. The average molecular weight is 270 g/mol. The molecule has 114 valence electrons. The molecule has 1 rings (SSSR count). The minimum Gasteiger partial charge on any atom is -0.394 e. The van der Waals surface area contributed by atoms with Crippen molar-refractivity contribution in [2.45, 2.75) is 70.9 Å². The molecule has 3 nitrogen and oxygen atoms in total. The smallest absolute Gasteiger partial charge is 0.0610 e. The monoisotopic (exact) mass is 270 g/mol. The Morgan fingerprint density at radius 2 is 1.95 bits per heavy atom. The third kappa shape index (κ3) is 6.73. The van der Waals surface area contributed by atoms with Crippen LogP contribution in [0.1, 0.15) is 59.3 Å². The molecule has 0 bridgehead atoms. The molecule has 19 heavy (non-hydrogen) atoms. The van der Waals surface area contributed by atoms with Crippen molar-refractivity contribution in [1.29, 1.82) is 0 Å². The summed E-state index contributed by atoms with van der Waals surface area (Å²) < 4.78 is 0. The molecule has 0 saturated heterocycles. The summed E-state index contributed by atoms with van der Waals surface area (Å²) in [6, 6.07) is 0.882. The number of hydrogen-bond acceptors (Lipinski definition) is 3. The molecule has 0 amide bonds. The second-order valence-electron chi connectivity index (χ2n) is 6.88. The largest absolute Gasteiger partial charge is 0.394 e. The van der Waals surface area contributed by atoms with E-state index in [1.165, 1.54) is 45.2 Å². The van der Waals surface area contributed by atoms with Gasteiger partial charge in [0.05, 0.1) is 6.61 Å². The molecule has 3 heteroatoms. The van der Waals surface area contributed by atoms with Crippen molar-refractivity contribution in [2.75, 3.05) is 26.7 Å². The van der Waals surface area contributed by atoms with Gasteiger partial charge in [-0.15, -0.1) is 0 Å². The van der Waals surface area contributed by atoms with Crippen molar-refractivity contribution >= 4 is 0 Å². The van der Waals surface area contributed by atoms with Gasteiger partial charge in [-0.3, -0.25) is 0 Å². The molecule has 0 heterocycles. The predicted octanol–water partition coefficient (Wildman–Crippen LogP) is 2.64. The summed E-state index contributed by atoms with van der Waals surface area (Å²) in [6.45, 7) is 9.46. The quantitative estimate of drug-likeness (QED) is 0.567. The third-order valence-electron chi connectivity index (χ3n) is 4.43. The highest BCUT2D eigenvalue weighted by Gasteiger charge is 2.28. The highest BCUT2D eigenvalue weighted by atomic mass is 16.3. The lowest BCUT2D eigenvalue weighted by Gasteiger charge is -2.28. The van der Waals surface area contributed by atoms with Crippen molar-refractivity contribution in [3.63, 3.8) is 0 Å². The Morgan fingerprint density at radius 3 is 2.42 bits per heavy atom. The maximum absolute atomic E-state index is 9.36. The number of aliphatic hydroxyl groups is 1. The normalized spacial score (nSPS) is 19.1. The van der Waals surface area contributed by atoms with Crippen molar-refractivity contribution in [1.82, 2.24) is 10.2 Å². The summed E-state index contributed by atoms with van der Waals surface area (Å²) in [5.41, 5.74) is -0.0949. The van der Waals surface area contributed by atoms with Gasteiger partial charge in [0.25, 0.3) is 0 Å². The fraction of sp³-hybridized carbons (Fsp3) is 1.00. The Hall–Kier alpha value is -0.120. The van der Waals surface area contributed by atoms with E-state index in [-0.39, 0.29) is 12.1 Å². The van der Waals surface area contributed by atoms with Crippen LogP contribution >= 0.6 is 0 Å².